The van der Waals surface area contributed by atoms with E-state index in [-0.39, 0.29) is 6.61 Å². The zero-order chi connectivity index (χ0) is 15.2. The second-order valence-corrected chi connectivity index (χ2v) is 7.49. The number of piperazine rings is 1. The molecule has 20 heavy (non-hydrogen) atoms. The van der Waals surface area contributed by atoms with Gasteiger partial charge >= 0.3 is 0 Å². The van der Waals surface area contributed by atoms with E-state index in [0.29, 0.717) is 26.1 Å². The maximum Gasteiger partial charge on any atom is 0.281 e. The molecule has 0 atom stereocenters. The summed E-state index contributed by atoms with van der Waals surface area (Å²) in [6.45, 7) is 4.97. The molecule has 1 rings (SSSR count). The number of aliphatic hydroxyl groups is 1. The molecule has 1 heterocycles. The van der Waals surface area contributed by atoms with E-state index in [0.717, 1.165) is 26.2 Å². The zero-order valence-electron chi connectivity index (χ0n) is 12.8. The van der Waals surface area contributed by atoms with Crippen LogP contribution in [0.15, 0.2) is 0 Å². The van der Waals surface area contributed by atoms with Crippen LogP contribution in [0.3, 0.4) is 0 Å². The van der Waals surface area contributed by atoms with Gasteiger partial charge in [-0.25, -0.2) is 0 Å². The van der Waals surface area contributed by atoms with Crippen molar-refractivity contribution in [2.75, 3.05) is 73.6 Å². The van der Waals surface area contributed by atoms with Crippen molar-refractivity contribution in [3.05, 3.63) is 0 Å². The summed E-state index contributed by atoms with van der Waals surface area (Å²) >= 11 is 0. The SMILES string of the molecule is CN(C)CCN1CCN(S(=O)(=O)N(C)CCCO)CC1. The van der Waals surface area contributed by atoms with Gasteiger partial charge in [-0.3, -0.25) is 4.90 Å². The van der Waals surface area contributed by atoms with Crippen molar-refractivity contribution in [2.24, 2.45) is 0 Å². The molecule has 1 saturated heterocycles. The number of hydrogen-bond acceptors (Lipinski definition) is 5. The molecule has 0 bridgehead atoms. The Labute approximate surface area is 122 Å². The molecule has 0 aromatic heterocycles. The lowest BCUT2D eigenvalue weighted by atomic mass is 10.3. The van der Waals surface area contributed by atoms with Crippen LogP contribution in [0.5, 0.6) is 0 Å². The predicted molar refractivity (Wildman–Crippen MR) is 79.8 cm³/mol. The lowest BCUT2D eigenvalue weighted by Crippen LogP contribution is -2.53. The molecule has 120 valence electrons. The van der Waals surface area contributed by atoms with E-state index in [1.54, 1.807) is 7.05 Å². The minimum atomic E-state index is -3.37. The lowest BCUT2D eigenvalue weighted by Gasteiger charge is -2.36. The Morgan fingerprint density at radius 2 is 1.65 bits per heavy atom. The predicted octanol–water partition coefficient (Wildman–Crippen LogP) is -1.28. The molecule has 0 spiro atoms. The highest BCUT2D eigenvalue weighted by molar-refractivity contribution is 7.86. The number of likely N-dealkylation sites (N-methyl/N-ethyl adjacent to an activating group) is 1. The smallest absolute Gasteiger partial charge is 0.281 e. The van der Waals surface area contributed by atoms with E-state index in [4.69, 9.17) is 5.11 Å². The van der Waals surface area contributed by atoms with Crippen molar-refractivity contribution in [3.8, 4) is 0 Å². The first kappa shape index (κ1) is 17.8. The number of aliphatic hydroxyl groups excluding tert-OH is 1. The number of nitrogens with zero attached hydrogens (tertiary/aromatic N) is 4. The molecule has 0 radical (unpaired) electrons. The Hall–Kier alpha value is -0.250. The largest absolute Gasteiger partial charge is 0.396 e. The standard InChI is InChI=1S/C12H28N4O3S/c1-13(2)6-7-15-8-10-16(11-9-15)20(18,19)14(3)5-4-12-17/h17H,4-12H2,1-3H3. The fourth-order valence-electron chi connectivity index (χ4n) is 2.13. The van der Waals surface area contributed by atoms with Crippen LogP contribution in [-0.4, -0.2) is 105 Å². The van der Waals surface area contributed by atoms with Gasteiger partial charge in [0.1, 0.15) is 0 Å². The molecule has 1 fully saturated rings. The fourth-order valence-corrected chi connectivity index (χ4v) is 3.51. The minimum Gasteiger partial charge on any atom is -0.396 e. The summed E-state index contributed by atoms with van der Waals surface area (Å²) in [5.74, 6) is 0. The van der Waals surface area contributed by atoms with Crippen LogP contribution in [-0.2, 0) is 10.2 Å². The zero-order valence-corrected chi connectivity index (χ0v) is 13.6. The Balaban J connectivity index is 2.43. The van der Waals surface area contributed by atoms with Crippen LogP contribution in [0.4, 0.5) is 0 Å². The van der Waals surface area contributed by atoms with Crippen molar-refractivity contribution < 1.29 is 13.5 Å². The van der Waals surface area contributed by atoms with E-state index in [1.807, 2.05) is 14.1 Å². The normalized spacial score (nSPS) is 19.1. The summed E-state index contributed by atoms with van der Waals surface area (Å²) in [6.07, 6.45) is 0.471. The van der Waals surface area contributed by atoms with Crippen LogP contribution < -0.4 is 0 Å². The molecule has 1 aliphatic rings. The van der Waals surface area contributed by atoms with E-state index < -0.39 is 10.2 Å². The Kier molecular flexibility index (Phi) is 7.35. The molecule has 1 N–H and O–H groups in total. The van der Waals surface area contributed by atoms with Crippen LogP contribution in [0.25, 0.3) is 0 Å². The second-order valence-electron chi connectivity index (χ2n) is 5.45. The molecule has 0 unspecified atom stereocenters. The van der Waals surface area contributed by atoms with E-state index >= 15 is 0 Å². The molecule has 0 aromatic rings. The second kappa shape index (κ2) is 8.26. The van der Waals surface area contributed by atoms with Gasteiger partial charge in [-0.15, -0.1) is 0 Å². The highest BCUT2D eigenvalue weighted by atomic mass is 32.2. The Morgan fingerprint density at radius 3 is 2.15 bits per heavy atom. The molecule has 0 aliphatic carbocycles. The van der Waals surface area contributed by atoms with Gasteiger partial charge in [0.05, 0.1) is 0 Å². The Bertz CT molecular complexity index is 367. The van der Waals surface area contributed by atoms with Gasteiger partial charge in [-0.1, -0.05) is 0 Å². The van der Waals surface area contributed by atoms with Crippen LogP contribution >= 0.6 is 0 Å². The average Bonchev–Trinajstić information content (AvgIpc) is 2.42. The van der Waals surface area contributed by atoms with Gasteiger partial charge in [-0.2, -0.15) is 17.0 Å². The lowest BCUT2D eigenvalue weighted by molar-refractivity contribution is 0.169. The first-order valence-electron chi connectivity index (χ1n) is 7.07. The van der Waals surface area contributed by atoms with Gasteiger partial charge in [0, 0.05) is 59.5 Å². The maximum atomic E-state index is 12.3. The molecular formula is C12H28N4O3S. The van der Waals surface area contributed by atoms with E-state index in [2.05, 4.69) is 9.80 Å². The van der Waals surface area contributed by atoms with Crippen molar-refractivity contribution >= 4 is 10.2 Å². The van der Waals surface area contributed by atoms with Crippen LogP contribution in [0.1, 0.15) is 6.42 Å². The molecule has 1 aliphatic heterocycles. The molecule has 0 aromatic carbocycles. The van der Waals surface area contributed by atoms with Crippen molar-refractivity contribution in [1.82, 2.24) is 18.4 Å². The first-order valence-corrected chi connectivity index (χ1v) is 8.47. The summed E-state index contributed by atoms with van der Waals surface area (Å²) in [7, 11) is 2.28. The number of rotatable bonds is 8. The third-order valence-electron chi connectivity index (χ3n) is 3.55. The van der Waals surface area contributed by atoms with Crippen molar-refractivity contribution in [1.29, 1.82) is 0 Å². The first-order chi connectivity index (χ1) is 9.37. The van der Waals surface area contributed by atoms with E-state index in [9.17, 15) is 8.42 Å². The molecule has 7 nitrogen and oxygen atoms in total. The highest BCUT2D eigenvalue weighted by Gasteiger charge is 2.29. The number of hydrogen-bond donors (Lipinski definition) is 1. The summed E-state index contributed by atoms with van der Waals surface area (Å²) in [5.41, 5.74) is 0. The molecule has 0 saturated carbocycles. The third kappa shape index (κ3) is 5.27. The third-order valence-corrected chi connectivity index (χ3v) is 5.53. The summed E-state index contributed by atoms with van der Waals surface area (Å²) in [4.78, 5) is 4.42. The van der Waals surface area contributed by atoms with Gasteiger partial charge in [-0.05, 0) is 20.5 Å². The summed E-state index contributed by atoms with van der Waals surface area (Å²) in [6, 6.07) is 0. The minimum absolute atomic E-state index is 0.0121. The van der Waals surface area contributed by atoms with Gasteiger partial charge in [0.2, 0.25) is 0 Å². The summed E-state index contributed by atoms with van der Waals surface area (Å²) < 4.78 is 27.5. The average molecular weight is 308 g/mol. The van der Waals surface area contributed by atoms with Gasteiger partial charge in [0.25, 0.3) is 10.2 Å². The van der Waals surface area contributed by atoms with Gasteiger partial charge in [0.15, 0.2) is 0 Å². The fraction of sp³-hybridized carbons (Fsp3) is 1.00. The Morgan fingerprint density at radius 1 is 1.05 bits per heavy atom. The van der Waals surface area contributed by atoms with E-state index in [1.165, 1.54) is 8.61 Å². The highest BCUT2D eigenvalue weighted by Crippen LogP contribution is 2.11. The molecular weight excluding hydrogens is 280 g/mol. The van der Waals surface area contributed by atoms with Crippen LogP contribution in [0, 0.1) is 0 Å². The van der Waals surface area contributed by atoms with Crippen molar-refractivity contribution in [3.63, 3.8) is 0 Å². The quantitative estimate of drug-likeness (QED) is 0.605. The summed E-state index contributed by atoms with van der Waals surface area (Å²) in [5, 5.41) is 8.78. The topological polar surface area (TPSA) is 67.3 Å². The maximum absolute atomic E-state index is 12.3. The van der Waals surface area contributed by atoms with Crippen molar-refractivity contribution in [2.45, 2.75) is 6.42 Å². The molecule has 8 heteroatoms. The van der Waals surface area contributed by atoms with Crippen LogP contribution in [0.2, 0.25) is 0 Å². The molecule has 0 amide bonds. The monoisotopic (exact) mass is 308 g/mol. The van der Waals surface area contributed by atoms with Gasteiger partial charge < -0.3 is 10.0 Å².